The third-order valence-corrected chi connectivity index (χ3v) is 4.00. The van der Waals surface area contributed by atoms with Gasteiger partial charge < -0.3 is 14.4 Å². The van der Waals surface area contributed by atoms with Crippen molar-refractivity contribution in [1.82, 2.24) is 4.90 Å². The van der Waals surface area contributed by atoms with Crippen molar-refractivity contribution in [3.05, 3.63) is 29.8 Å². The average Bonchev–Trinajstić information content (AvgIpc) is 2.48. The number of nitrogens with zero attached hydrogens (tertiary/aromatic N) is 1. The Balaban J connectivity index is 1.78. The molecule has 1 aromatic rings. The zero-order chi connectivity index (χ0) is 13.5. The molecule has 0 aromatic heterocycles. The summed E-state index contributed by atoms with van der Waals surface area (Å²) in [5.74, 6) is 1.66. The van der Waals surface area contributed by atoms with Crippen molar-refractivity contribution in [2.45, 2.75) is 25.2 Å². The fourth-order valence-corrected chi connectivity index (χ4v) is 2.80. The highest BCUT2D eigenvalue weighted by Crippen LogP contribution is 2.29. The maximum Gasteiger partial charge on any atom is 0.118 e. The lowest BCUT2D eigenvalue weighted by Crippen LogP contribution is -2.34. The molecule has 0 atom stereocenters. The number of likely N-dealkylation sites (tertiary alicyclic amines) is 1. The summed E-state index contributed by atoms with van der Waals surface area (Å²) in [6, 6.07) is 8.56. The average molecular weight is 263 g/mol. The molecule has 3 nitrogen and oxygen atoms in total. The van der Waals surface area contributed by atoms with Crippen LogP contribution in [0, 0.1) is 0 Å². The van der Waals surface area contributed by atoms with Crippen LogP contribution in [0.5, 0.6) is 5.75 Å². The minimum Gasteiger partial charge on any atom is -0.497 e. The fraction of sp³-hybridized carbons (Fsp3) is 0.625. The van der Waals surface area contributed by atoms with Gasteiger partial charge in [0.05, 0.1) is 7.11 Å². The van der Waals surface area contributed by atoms with Crippen LogP contribution in [0.4, 0.5) is 0 Å². The van der Waals surface area contributed by atoms with Crippen LogP contribution in [0.1, 0.15) is 30.7 Å². The minimum absolute atomic E-state index is 0.713. The standard InChI is InChI=1S/C16H25NO2/c1-18-13-3-10-17-11-8-15(9-12-17)14-4-6-16(19-2)7-5-14/h4-7,15H,3,8-13H2,1-2H3. The van der Waals surface area contributed by atoms with E-state index in [0.717, 1.165) is 18.8 Å². The molecule has 106 valence electrons. The van der Waals surface area contributed by atoms with Crippen molar-refractivity contribution < 1.29 is 9.47 Å². The third-order valence-electron chi connectivity index (χ3n) is 4.00. The molecule has 1 aromatic carbocycles. The van der Waals surface area contributed by atoms with Gasteiger partial charge >= 0.3 is 0 Å². The second-order valence-electron chi connectivity index (χ2n) is 5.24. The van der Waals surface area contributed by atoms with E-state index in [1.807, 2.05) is 0 Å². The smallest absolute Gasteiger partial charge is 0.118 e. The normalized spacial score (nSPS) is 17.6. The molecule has 1 fully saturated rings. The van der Waals surface area contributed by atoms with Crippen LogP contribution in [0.15, 0.2) is 24.3 Å². The van der Waals surface area contributed by atoms with E-state index in [1.54, 1.807) is 14.2 Å². The molecule has 3 heteroatoms. The fourth-order valence-electron chi connectivity index (χ4n) is 2.80. The van der Waals surface area contributed by atoms with E-state index in [1.165, 1.54) is 38.0 Å². The first-order chi connectivity index (χ1) is 9.33. The number of rotatable bonds is 6. The van der Waals surface area contributed by atoms with Gasteiger partial charge in [0, 0.05) is 20.3 Å². The van der Waals surface area contributed by atoms with Crippen LogP contribution >= 0.6 is 0 Å². The largest absolute Gasteiger partial charge is 0.497 e. The molecule has 0 bridgehead atoms. The molecule has 0 amide bonds. The van der Waals surface area contributed by atoms with Crippen LogP contribution in [-0.4, -0.2) is 45.4 Å². The number of hydrogen-bond donors (Lipinski definition) is 0. The summed E-state index contributed by atoms with van der Waals surface area (Å²) < 4.78 is 10.3. The van der Waals surface area contributed by atoms with Crippen LogP contribution in [0.3, 0.4) is 0 Å². The molecule has 0 aliphatic carbocycles. The van der Waals surface area contributed by atoms with Gasteiger partial charge in [0.2, 0.25) is 0 Å². The molecule has 1 aliphatic rings. The van der Waals surface area contributed by atoms with Gasteiger partial charge in [-0.3, -0.25) is 0 Å². The summed E-state index contributed by atoms with van der Waals surface area (Å²) in [4.78, 5) is 2.55. The number of ether oxygens (including phenoxy) is 2. The van der Waals surface area contributed by atoms with Gasteiger partial charge in [0.15, 0.2) is 0 Å². The Hall–Kier alpha value is -1.06. The number of methoxy groups -OCH3 is 2. The molecule has 1 aliphatic heterocycles. The van der Waals surface area contributed by atoms with Crippen molar-refractivity contribution in [2.75, 3.05) is 40.5 Å². The van der Waals surface area contributed by atoms with Crippen LogP contribution in [-0.2, 0) is 4.74 Å². The van der Waals surface area contributed by atoms with E-state index >= 15 is 0 Å². The first-order valence-corrected chi connectivity index (χ1v) is 7.18. The maximum absolute atomic E-state index is 5.21. The predicted molar refractivity (Wildman–Crippen MR) is 77.9 cm³/mol. The molecule has 0 spiro atoms. The summed E-state index contributed by atoms with van der Waals surface area (Å²) >= 11 is 0. The molecule has 2 rings (SSSR count). The predicted octanol–water partition coefficient (Wildman–Crippen LogP) is 2.91. The summed E-state index contributed by atoms with van der Waals surface area (Å²) in [6.45, 7) is 4.46. The maximum atomic E-state index is 5.21. The van der Waals surface area contributed by atoms with Crippen molar-refractivity contribution in [2.24, 2.45) is 0 Å². The summed E-state index contributed by atoms with van der Waals surface area (Å²) in [7, 11) is 3.49. The zero-order valence-electron chi connectivity index (χ0n) is 12.1. The van der Waals surface area contributed by atoms with Gasteiger partial charge in [-0.15, -0.1) is 0 Å². The van der Waals surface area contributed by atoms with Gasteiger partial charge in [-0.2, -0.15) is 0 Å². The lowest BCUT2D eigenvalue weighted by molar-refractivity contribution is 0.157. The van der Waals surface area contributed by atoms with E-state index in [9.17, 15) is 0 Å². The second kappa shape index (κ2) is 7.51. The third kappa shape index (κ3) is 4.22. The van der Waals surface area contributed by atoms with E-state index in [-0.39, 0.29) is 0 Å². The number of piperidine rings is 1. The summed E-state index contributed by atoms with van der Waals surface area (Å²) in [5.41, 5.74) is 1.46. The van der Waals surface area contributed by atoms with Gasteiger partial charge in [-0.1, -0.05) is 12.1 Å². The van der Waals surface area contributed by atoms with Gasteiger partial charge in [0.1, 0.15) is 5.75 Å². The molecular formula is C16H25NO2. The van der Waals surface area contributed by atoms with Crippen molar-refractivity contribution >= 4 is 0 Å². The van der Waals surface area contributed by atoms with Gasteiger partial charge in [-0.05, 0) is 56.0 Å². The molecule has 0 N–H and O–H groups in total. The van der Waals surface area contributed by atoms with Crippen LogP contribution in [0.25, 0.3) is 0 Å². The molecule has 0 radical (unpaired) electrons. The molecule has 0 saturated carbocycles. The van der Waals surface area contributed by atoms with Crippen molar-refractivity contribution in [1.29, 1.82) is 0 Å². The van der Waals surface area contributed by atoms with Crippen molar-refractivity contribution in [3.8, 4) is 5.75 Å². The highest BCUT2D eigenvalue weighted by atomic mass is 16.5. The Morgan fingerprint density at radius 2 is 1.79 bits per heavy atom. The summed E-state index contributed by atoms with van der Waals surface area (Å²) in [6.07, 6.45) is 3.67. The second-order valence-corrected chi connectivity index (χ2v) is 5.24. The van der Waals surface area contributed by atoms with E-state index in [2.05, 4.69) is 29.2 Å². The first-order valence-electron chi connectivity index (χ1n) is 7.18. The lowest BCUT2D eigenvalue weighted by atomic mass is 9.89. The number of benzene rings is 1. The van der Waals surface area contributed by atoms with Crippen LogP contribution in [0.2, 0.25) is 0 Å². The molecular weight excluding hydrogens is 238 g/mol. The Kier molecular flexibility index (Phi) is 5.67. The minimum atomic E-state index is 0.713. The molecule has 19 heavy (non-hydrogen) atoms. The Morgan fingerprint density at radius 3 is 2.37 bits per heavy atom. The van der Waals surface area contributed by atoms with Crippen molar-refractivity contribution in [3.63, 3.8) is 0 Å². The number of hydrogen-bond acceptors (Lipinski definition) is 3. The van der Waals surface area contributed by atoms with Crippen LogP contribution < -0.4 is 4.74 Å². The highest BCUT2D eigenvalue weighted by molar-refractivity contribution is 5.29. The topological polar surface area (TPSA) is 21.7 Å². The Morgan fingerprint density at radius 1 is 1.11 bits per heavy atom. The SMILES string of the molecule is COCCCN1CCC(c2ccc(OC)cc2)CC1. The zero-order valence-corrected chi connectivity index (χ0v) is 12.1. The van der Waals surface area contributed by atoms with E-state index in [0.29, 0.717) is 5.92 Å². The van der Waals surface area contributed by atoms with E-state index in [4.69, 9.17) is 9.47 Å². The van der Waals surface area contributed by atoms with Gasteiger partial charge in [0.25, 0.3) is 0 Å². The molecule has 0 unspecified atom stereocenters. The molecule has 1 saturated heterocycles. The molecule has 1 heterocycles. The summed E-state index contributed by atoms with van der Waals surface area (Å²) in [5, 5.41) is 0. The van der Waals surface area contributed by atoms with E-state index < -0.39 is 0 Å². The lowest BCUT2D eigenvalue weighted by Gasteiger charge is -2.32. The Bertz CT molecular complexity index is 356. The van der Waals surface area contributed by atoms with Gasteiger partial charge in [-0.25, -0.2) is 0 Å². The monoisotopic (exact) mass is 263 g/mol. The Labute approximate surface area is 116 Å². The highest BCUT2D eigenvalue weighted by Gasteiger charge is 2.20. The first kappa shape index (κ1) is 14.4. The quantitative estimate of drug-likeness (QED) is 0.737.